The van der Waals surface area contributed by atoms with Crippen LogP contribution in [0.4, 0.5) is 4.79 Å². The molecule has 2 aliphatic heterocycles. The summed E-state index contributed by atoms with van der Waals surface area (Å²) in [6, 6.07) is 0. The van der Waals surface area contributed by atoms with Crippen molar-refractivity contribution >= 4 is 18.0 Å². The highest BCUT2D eigenvalue weighted by atomic mass is 16.6. The average Bonchev–Trinajstić information content (AvgIpc) is 2.85. The number of imide groups is 1. The lowest BCUT2D eigenvalue weighted by molar-refractivity contribution is -0.150. The van der Waals surface area contributed by atoms with E-state index in [1.807, 2.05) is 4.90 Å². The third kappa shape index (κ3) is 3.47. The van der Waals surface area contributed by atoms with Crippen molar-refractivity contribution in [3.8, 4) is 0 Å². The third-order valence-electron chi connectivity index (χ3n) is 3.55. The van der Waals surface area contributed by atoms with Crippen LogP contribution in [0.3, 0.4) is 0 Å². The van der Waals surface area contributed by atoms with Gasteiger partial charge in [-0.25, -0.2) is 9.69 Å². The molecule has 0 saturated carbocycles. The number of likely N-dealkylation sites (tertiary alicyclic amines) is 1. The zero-order chi connectivity index (χ0) is 14.5. The molecule has 2 amide bonds. The third-order valence-corrected chi connectivity index (χ3v) is 3.55. The monoisotopic (exact) mass is 284 g/mol. The van der Waals surface area contributed by atoms with Gasteiger partial charge in [0.1, 0.15) is 6.61 Å². The van der Waals surface area contributed by atoms with Crippen molar-refractivity contribution in [1.82, 2.24) is 9.80 Å². The van der Waals surface area contributed by atoms with Crippen molar-refractivity contribution in [3.63, 3.8) is 0 Å². The average molecular weight is 284 g/mol. The molecule has 7 nitrogen and oxygen atoms in total. The van der Waals surface area contributed by atoms with E-state index in [0.29, 0.717) is 19.7 Å². The lowest BCUT2D eigenvalue weighted by atomic mass is 9.98. The number of ether oxygens (including phenoxy) is 2. The zero-order valence-electron chi connectivity index (χ0n) is 11.7. The van der Waals surface area contributed by atoms with Crippen LogP contribution in [0.2, 0.25) is 0 Å². The summed E-state index contributed by atoms with van der Waals surface area (Å²) in [4.78, 5) is 38.0. The van der Waals surface area contributed by atoms with Gasteiger partial charge >= 0.3 is 12.1 Å². The summed E-state index contributed by atoms with van der Waals surface area (Å²) in [6.45, 7) is 4.13. The number of hydrogen-bond donors (Lipinski definition) is 0. The van der Waals surface area contributed by atoms with Gasteiger partial charge in [0, 0.05) is 6.54 Å². The largest absolute Gasteiger partial charge is 0.466 e. The van der Waals surface area contributed by atoms with E-state index in [2.05, 4.69) is 0 Å². The van der Waals surface area contributed by atoms with E-state index in [9.17, 15) is 14.4 Å². The maximum atomic E-state index is 12.0. The SMILES string of the molecule is CCOC(=O)C1CCCN(CC(=O)N2CCOC2=O)C1. The van der Waals surface area contributed by atoms with E-state index >= 15 is 0 Å². The summed E-state index contributed by atoms with van der Waals surface area (Å²) in [6.07, 6.45) is 1.06. The summed E-state index contributed by atoms with van der Waals surface area (Å²) in [5.74, 6) is -0.649. The maximum Gasteiger partial charge on any atom is 0.416 e. The van der Waals surface area contributed by atoms with E-state index in [1.165, 1.54) is 0 Å². The van der Waals surface area contributed by atoms with Crippen molar-refractivity contribution in [3.05, 3.63) is 0 Å². The molecule has 0 spiro atoms. The van der Waals surface area contributed by atoms with Crippen LogP contribution in [0.25, 0.3) is 0 Å². The van der Waals surface area contributed by atoms with Crippen LogP contribution in [0.1, 0.15) is 19.8 Å². The van der Waals surface area contributed by atoms with Gasteiger partial charge in [-0.15, -0.1) is 0 Å². The van der Waals surface area contributed by atoms with Crippen LogP contribution in [0.15, 0.2) is 0 Å². The Hall–Kier alpha value is -1.63. The van der Waals surface area contributed by atoms with E-state index in [1.54, 1.807) is 6.92 Å². The second kappa shape index (κ2) is 6.69. The lowest BCUT2D eigenvalue weighted by Gasteiger charge is -2.31. The van der Waals surface area contributed by atoms with Gasteiger partial charge in [0.2, 0.25) is 5.91 Å². The molecule has 0 aromatic carbocycles. The van der Waals surface area contributed by atoms with Crippen LogP contribution in [0.5, 0.6) is 0 Å². The first kappa shape index (κ1) is 14.8. The van der Waals surface area contributed by atoms with Gasteiger partial charge in [-0.3, -0.25) is 14.5 Å². The second-order valence-electron chi connectivity index (χ2n) is 4.99. The summed E-state index contributed by atoms with van der Waals surface area (Å²) in [7, 11) is 0. The van der Waals surface area contributed by atoms with Gasteiger partial charge < -0.3 is 9.47 Å². The molecule has 2 heterocycles. The number of hydrogen-bond acceptors (Lipinski definition) is 6. The van der Waals surface area contributed by atoms with E-state index in [0.717, 1.165) is 24.3 Å². The minimum Gasteiger partial charge on any atom is -0.466 e. The molecule has 0 aliphatic carbocycles. The molecule has 2 saturated heterocycles. The number of rotatable bonds is 4. The topological polar surface area (TPSA) is 76.2 Å². The van der Waals surface area contributed by atoms with E-state index in [4.69, 9.17) is 9.47 Å². The van der Waals surface area contributed by atoms with Crippen LogP contribution in [-0.4, -0.2) is 67.2 Å². The molecule has 0 aromatic heterocycles. The summed E-state index contributed by atoms with van der Waals surface area (Å²) in [5, 5.41) is 0. The van der Waals surface area contributed by atoms with Gasteiger partial charge in [-0.1, -0.05) is 0 Å². The lowest BCUT2D eigenvalue weighted by Crippen LogP contribution is -2.46. The molecule has 0 bridgehead atoms. The molecule has 7 heteroatoms. The molecule has 0 radical (unpaired) electrons. The highest BCUT2D eigenvalue weighted by molar-refractivity contribution is 5.94. The number of esters is 1. The Bertz CT molecular complexity index is 398. The quantitative estimate of drug-likeness (QED) is 0.688. The first-order valence-corrected chi connectivity index (χ1v) is 6.98. The Labute approximate surface area is 117 Å². The molecule has 20 heavy (non-hydrogen) atoms. The fourth-order valence-corrected chi connectivity index (χ4v) is 2.55. The van der Waals surface area contributed by atoms with E-state index < -0.39 is 6.09 Å². The number of piperidine rings is 1. The number of carbonyl (C=O) groups is 3. The standard InChI is InChI=1S/C13H20N2O5/c1-2-19-12(17)10-4-3-5-14(8-10)9-11(16)15-6-7-20-13(15)18/h10H,2-9H2,1H3. The van der Waals surface area contributed by atoms with Gasteiger partial charge in [0.25, 0.3) is 0 Å². The molecule has 0 aromatic rings. The highest BCUT2D eigenvalue weighted by Crippen LogP contribution is 2.18. The van der Waals surface area contributed by atoms with Crippen LogP contribution in [0, 0.1) is 5.92 Å². The van der Waals surface area contributed by atoms with Crippen molar-refractivity contribution in [2.75, 3.05) is 39.4 Å². The molecule has 0 N–H and O–H groups in total. The van der Waals surface area contributed by atoms with Crippen LogP contribution in [-0.2, 0) is 19.1 Å². The molecular weight excluding hydrogens is 264 g/mol. The fraction of sp³-hybridized carbons (Fsp3) is 0.769. The number of nitrogens with zero attached hydrogens (tertiary/aromatic N) is 2. The first-order valence-electron chi connectivity index (χ1n) is 6.98. The Balaban J connectivity index is 1.84. The molecule has 1 unspecified atom stereocenters. The maximum absolute atomic E-state index is 12.0. The molecule has 112 valence electrons. The summed E-state index contributed by atoms with van der Waals surface area (Å²) >= 11 is 0. The zero-order valence-corrected chi connectivity index (χ0v) is 11.7. The van der Waals surface area contributed by atoms with E-state index in [-0.39, 0.29) is 30.9 Å². The Morgan fingerprint density at radius 1 is 1.40 bits per heavy atom. The van der Waals surface area contributed by atoms with Gasteiger partial charge in [0.05, 0.1) is 25.6 Å². The molecule has 2 fully saturated rings. The summed E-state index contributed by atoms with van der Waals surface area (Å²) in [5.41, 5.74) is 0. The van der Waals surface area contributed by atoms with Crippen LogP contribution < -0.4 is 0 Å². The minimum atomic E-state index is -0.575. The molecule has 2 rings (SSSR count). The Morgan fingerprint density at radius 3 is 2.85 bits per heavy atom. The van der Waals surface area contributed by atoms with Crippen molar-refractivity contribution in [2.24, 2.45) is 5.92 Å². The predicted octanol–water partition coefficient (Wildman–Crippen LogP) is 0.240. The van der Waals surface area contributed by atoms with Crippen molar-refractivity contribution in [1.29, 1.82) is 0 Å². The summed E-state index contributed by atoms with van der Waals surface area (Å²) < 4.78 is 9.76. The predicted molar refractivity (Wildman–Crippen MR) is 68.9 cm³/mol. The Kier molecular flexibility index (Phi) is 4.94. The van der Waals surface area contributed by atoms with Crippen LogP contribution >= 0.6 is 0 Å². The second-order valence-corrected chi connectivity index (χ2v) is 4.99. The van der Waals surface area contributed by atoms with Crippen molar-refractivity contribution < 1.29 is 23.9 Å². The minimum absolute atomic E-state index is 0.144. The Morgan fingerprint density at radius 2 is 2.20 bits per heavy atom. The smallest absolute Gasteiger partial charge is 0.416 e. The number of carbonyl (C=O) groups excluding carboxylic acids is 3. The molecule has 1 atom stereocenters. The number of amides is 2. The molecule has 2 aliphatic rings. The highest BCUT2D eigenvalue weighted by Gasteiger charge is 2.32. The van der Waals surface area contributed by atoms with Gasteiger partial charge in [-0.05, 0) is 26.3 Å². The first-order chi connectivity index (χ1) is 9.61. The number of cyclic esters (lactones) is 1. The molecular formula is C13H20N2O5. The van der Waals surface area contributed by atoms with Gasteiger partial charge in [0.15, 0.2) is 0 Å². The van der Waals surface area contributed by atoms with Gasteiger partial charge in [-0.2, -0.15) is 0 Å². The normalized spacial score (nSPS) is 23.6. The fourth-order valence-electron chi connectivity index (χ4n) is 2.55. The van der Waals surface area contributed by atoms with Crippen molar-refractivity contribution in [2.45, 2.75) is 19.8 Å².